The number of thioether (sulfide) groups is 1. The molecule has 0 unspecified atom stereocenters. The van der Waals surface area contributed by atoms with Gasteiger partial charge in [0.1, 0.15) is 12.4 Å². The molecule has 0 atom stereocenters. The lowest BCUT2D eigenvalue weighted by molar-refractivity contribution is -0.122. The Morgan fingerprint density at radius 2 is 2.00 bits per heavy atom. The quantitative estimate of drug-likeness (QED) is 0.270. The first kappa shape index (κ1) is 21.1. The van der Waals surface area contributed by atoms with Gasteiger partial charge in [-0.3, -0.25) is 14.5 Å². The van der Waals surface area contributed by atoms with Crippen molar-refractivity contribution < 1.29 is 14.3 Å². The monoisotopic (exact) mass is 543 g/mol. The lowest BCUT2D eigenvalue weighted by Crippen LogP contribution is -2.28. The summed E-state index contributed by atoms with van der Waals surface area (Å²) in [5.41, 5.74) is 1.61. The molecule has 1 aliphatic heterocycles. The highest BCUT2D eigenvalue weighted by Crippen LogP contribution is 2.33. The van der Waals surface area contributed by atoms with Gasteiger partial charge in [0.05, 0.1) is 15.0 Å². The topological polar surface area (TPSA) is 46.6 Å². The predicted octanol–water partition coefficient (Wildman–Crippen LogP) is 5.85. The molecule has 2 aromatic carbocycles. The SMILES string of the molecule is C#CCN1C(=O)S/C(=C/c2ccc(OCc3ccc(Cl)cc3Cl)c(I)c2)C1=O. The van der Waals surface area contributed by atoms with E-state index in [1.807, 2.05) is 24.3 Å². The summed E-state index contributed by atoms with van der Waals surface area (Å²) in [6.07, 6.45) is 6.87. The molecule has 8 heteroatoms. The number of benzene rings is 2. The van der Waals surface area contributed by atoms with Crippen molar-refractivity contribution in [3.63, 3.8) is 0 Å². The van der Waals surface area contributed by atoms with Crippen LogP contribution in [0.15, 0.2) is 41.3 Å². The molecule has 0 saturated carbocycles. The minimum atomic E-state index is -0.374. The van der Waals surface area contributed by atoms with Crippen LogP contribution in [0.3, 0.4) is 0 Å². The molecular formula is C20H12Cl2INO3S. The second-order valence-electron chi connectivity index (χ2n) is 5.69. The molecule has 0 bridgehead atoms. The zero-order chi connectivity index (χ0) is 20.3. The van der Waals surface area contributed by atoms with Crippen LogP contribution < -0.4 is 4.74 Å². The van der Waals surface area contributed by atoms with Crippen LogP contribution in [0.25, 0.3) is 6.08 Å². The number of rotatable bonds is 5. The number of amides is 2. The Kier molecular flexibility index (Phi) is 6.94. The maximum absolute atomic E-state index is 12.2. The summed E-state index contributed by atoms with van der Waals surface area (Å²) in [5, 5.41) is 0.754. The third-order valence-corrected chi connectivity index (χ3v) is 6.11. The minimum Gasteiger partial charge on any atom is -0.488 e. The third kappa shape index (κ3) is 4.84. The van der Waals surface area contributed by atoms with Gasteiger partial charge in [-0.1, -0.05) is 41.3 Å². The van der Waals surface area contributed by atoms with E-state index in [9.17, 15) is 9.59 Å². The van der Waals surface area contributed by atoms with Crippen molar-refractivity contribution in [2.75, 3.05) is 6.54 Å². The second kappa shape index (κ2) is 9.23. The summed E-state index contributed by atoms with van der Waals surface area (Å²) in [6.45, 7) is 0.274. The van der Waals surface area contributed by atoms with E-state index in [1.165, 1.54) is 0 Å². The van der Waals surface area contributed by atoms with Gasteiger partial charge in [-0.05, 0) is 70.3 Å². The fraction of sp³-hybridized carbons (Fsp3) is 0.100. The van der Waals surface area contributed by atoms with Gasteiger partial charge in [-0.25, -0.2) is 0 Å². The van der Waals surface area contributed by atoms with Crippen LogP contribution in [-0.2, 0) is 11.4 Å². The van der Waals surface area contributed by atoms with Crippen LogP contribution in [-0.4, -0.2) is 22.6 Å². The Bertz CT molecular complexity index is 1030. The third-order valence-electron chi connectivity index (χ3n) is 3.77. The molecular weight excluding hydrogens is 532 g/mol. The standard InChI is InChI=1S/C20H12Cl2INO3S/c1-2-7-24-19(25)18(28-20(24)26)9-12-3-6-17(16(23)8-12)27-11-13-4-5-14(21)10-15(13)22/h1,3-6,8-10H,7,11H2/b18-9+. The van der Waals surface area contributed by atoms with E-state index in [0.29, 0.717) is 27.3 Å². The Morgan fingerprint density at radius 3 is 2.68 bits per heavy atom. The highest BCUT2D eigenvalue weighted by atomic mass is 127. The second-order valence-corrected chi connectivity index (χ2v) is 8.69. The first-order valence-electron chi connectivity index (χ1n) is 7.94. The van der Waals surface area contributed by atoms with Gasteiger partial charge in [0, 0.05) is 15.6 Å². The zero-order valence-electron chi connectivity index (χ0n) is 14.2. The van der Waals surface area contributed by atoms with Crippen molar-refractivity contribution in [2.24, 2.45) is 0 Å². The van der Waals surface area contributed by atoms with Crippen molar-refractivity contribution in [1.82, 2.24) is 4.90 Å². The summed E-state index contributed by atoms with van der Waals surface area (Å²) in [5.74, 6) is 2.63. The van der Waals surface area contributed by atoms with E-state index in [0.717, 1.165) is 31.4 Å². The van der Waals surface area contributed by atoms with Crippen LogP contribution in [0, 0.1) is 15.9 Å². The van der Waals surface area contributed by atoms with E-state index in [2.05, 4.69) is 28.5 Å². The van der Waals surface area contributed by atoms with Crippen molar-refractivity contribution in [3.8, 4) is 18.1 Å². The average Bonchev–Trinajstić information content (AvgIpc) is 2.90. The maximum atomic E-state index is 12.2. The summed E-state index contributed by atoms with van der Waals surface area (Å²) in [4.78, 5) is 25.5. The molecule has 0 aliphatic carbocycles. The maximum Gasteiger partial charge on any atom is 0.294 e. The van der Waals surface area contributed by atoms with Gasteiger partial charge in [0.2, 0.25) is 0 Å². The van der Waals surface area contributed by atoms with Crippen LogP contribution in [0.4, 0.5) is 4.79 Å². The number of hydrogen-bond acceptors (Lipinski definition) is 4. The molecule has 28 heavy (non-hydrogen) atoms. The molecule has 1 fully saturated rings. The van der Waals surface area contributed by atoms with Gasteiger partial charge >= 0.3 is 0 Å². The summed E-state index contributed by atoms with van der Waals surface area (Å²) < 4.78 is 6.70. The van der Waals surface area contributed by atoms with Gasteiger partial charge in [-0.2, -0.15) is 0 Å². The van der Waals surface area contributed by atoms with Crippen molar-refractivity contribution in [1.29, 1.82) is 0 Å². The Morgan fingerprint density at radius 1 is 1.21 bits per heavy atom. The first-order chi connectivity index (χ1) is 13.4. The molecule has 4 nitrogen and oxygen atoms in total. The van der Waals surface area contributed by atoms with Crippen LogP contribution in [0.2, 0.25) is 10.0 Å². The van der Waals surface area contributed by atoms with Crippen LogP contribution >= 0.6 is 57.6 Å². The van der Waals surface area contributed by atoms with Crippen LogP contribution in [0.5, 0.6) is 5.75 Å². The van der Waals surface area contributed by atoms with Gasteiger partial charge in [0.25, 0.3) is 11.1 Å². The summed E-state index contributed by atoms with van der Waals surface area (Å²) in [7, 11) is 0. The molecule has 0 N–H and O–H groups in total. The Labute approximate surface area is 190 Å². The Balaban J connectivity index is 1.73. The normalized spacial score (nSPS) is 15.2. The van der Waals surface area contributed by atoms with Gasteiger partial charge < -0.3 is 4.74 Å². The van der Waals surface area contributed by atoms with E-state index >= 15 is 0 Å². The average molecular weight is 544 g/mol. The van der Waals surface area contributed by atoms with Crippen molar-refractivity contribution >= 4 is 74.8 Å². The van der Waals surface area contributed by atoms with Crippen molar-refractivity contribution in [2.45, 2.75) is 6.61 Å². The molecule has 2 amide bonds. The number of halogens is 3. The zero-order valence-corrected chi connectivity index (χ0v) is 18.7. The van der Waals surface area contributed by atoms with Crippen LogP contribution in [0.1, 0.15) is 11.1 Å². The fourth-order valence-corrected chi connectivity index (χ4v) is 4.39. The number of carbonyl (C=O) groups excluding carboxylic acids is 2. The molecule has 1 aliphatic rings. The van der Waals surface area contributed by atoms with E-state index in [4.69, 9.17) is 34.4 Å². The number of hydrogen-bond donors (Lipinski definition) is 0. The molecule has 0 aromatic heterocycles. The minimum absolute atomic E-state index is 0.0282. The lowest BCUT2D eigenvalue weighted by atomic mass is 10.2. The molecule has 142 valence electrons. The molecule has 0 spiro atoms. The molecule has 2 aromatic rings. The Hall–Kier alpha value is -1.66. The largest absolute Gasteiger partial charge is 0.488 e. The molecule has 1 saturated heterocycles. The van der Waals surface area contributed by atoms with E-state index in [-0.39, 0.29) is 17.7 Å². The molecule has 3 rings (SSSR count). The van der Waals surface area contributed by atoms with Crippen molar-refractivity contribution in [3.05, 3.63) is 66.0 Å². The highest BCUT2D eigenvalue weighted by Gasteiger charge is 2.34. The summed E-state index contributed by atoms with van der Waals surface area (Å²) in [6, 6.07) is 10.7. The van der Waals surface area contributed by atoms with Gasteiger partial charge in [0.15, 0.2) is 0 Å². The van der Waals surface area contributed by atoms with Gasteiger partial charge in [-0.15, -0.1) is 6.42 Å². The molecule has 0 radical (unpaired) electrons. The van der Waals surface area contributed by atoms with E-state index in [1.54, 1.807) is 18.2 Å². The van der Waals surface area contributed by atoms with E-state index < -0.39 is 0 Å². The lowest BCUT2D eigenvalue weighted by Gasteiger charge is -2.10. The smallest absolute Gasteiger partial charge is 0.294 e. The number of ether oxygens (including phenoxy) is 1. The number of imide groups is 1. The highest BCUT2D eigenvalue weighted by molar-refractivity contribution is 14.1. The fourth-order valence-electron chi connectivity index (χ4n) is 2.40. The number of terminal acetylenes is 1. The number of nitrogens with zero attached hydrogens (tertiary/aromatic N) is 1. The predicted molar refractivity (Wildman–Crippen MR) is 121 cm³/mol. The first-order valence-corrected chi connectivity index (χ1v) is 10.6. The number of carbonyl (C=O) groups is 2. The molecule has 1 heterocycles. The summed E-state index contributed by atoms with van der Waals surface area (Å²) >= 11 is 15.1.